The molecular formula is C11H23ClN2O2. The first-order chi connectivity index (χ1) is 6.92. The number of nitrogens with two attached hydrogens (primary N) is 1. The number of hydrogen-bond acceptors (Lipinski definition) is 3. The summed E-state index contributed by atoms with van der Waals surface area (Å²) < 4.78 is 5.30. The van der Waals surface area contributed by atoms with Crippen molar-refractivity contribution in [2.45, 2.75) is 39.2 Å². The summed E-state index contributed by atoms with van der Waals surface area (Å²) in [6.45, 7) is 7.93. The third-order valence-electron chi connectivity index (χ3n) is 2.60. The van der Waals surface area contributed by atoms with E-state index in [0.29, 0.717) is 5.92 Å². The Hall–Kier alpha value is -0.480. The summed E-state index contributed by atoms with van der Waals surface area (Å²) in [4.78, 5) is 13.5. The highest BCUT2D eigenvalue weighted by molar-refractivity contribution is 5.85. The Labute approximate surface area is 104 Å². The molecular weight excluding hydrogens is 228 g/mol. The van der Waals surface area contributed by atoms with E-state index in [1.54, 1.807) is 4.90 Å². The molecule has 0 radical (unpaired) electrons. The SMILES string of the molecule is CC(C)(C)OC(=O)N1CCC(CN)CC1.Cl. The summed E-state index contributed by atoms with van der Waals surface area (Å²) in [5.41, 5.74) is 5.19. The molecule has 0 bridgehead atoms. The average Bonchev–Trinajstić information content (AvgIpc) is 2.15. The number of ether oxygens (including phenoxy) is 1. The second kappa shape index (κ2) is 6.30. The van der Waals surface area contributed by atoms with E-state index in [4.69, 9.17) is 10.5 Å². The van der Waals surface area contributed by atoms with Crippen LogP contribution < -0.4 is 5.73 Å². The Balaban J connectivity index is 0.00000225. The fourth-order valence-electron chi connectivity index (χ4n) is 1.68. The molecule has 1 heterocycles. The average molecular weight is 251 g/mol. The minimum absolute atomic E-state index is 0. The maximum atomic E-state index is 11.7. The Morgan fingerprint density at radius 3 is 2.25 bits per heavy atom. The number of nitrogens with zero attached hydrogens (tertiary/aromatic N) is 1. The topological polar surface area (TPSA) is 55.6 Å². The molecule has 16 heavy (non-hydrogen) atoms. The number of carbonyl (C=O) groups is 1. The summed E-state index contributed by atoms with van der Waals surface area (Å²) >= 11 is 0. The lowest BCUT2D eigenvalue weighted by molar-refractivity contribution is 0.0187. The number of likely N-dealkylation sites (tertiary alicyclic amines) is 1. The van der Waals surface area contributed by atoms with Crippen LogP contribution in [0.3, 0.4) is 0 Å². The normalized spacial score (nSPS) is 17.9. The summed E-state index contributed by atoms with van der Waals surface area (Å²) in [5, 5.41) is 0. The first-order valence-corrected chi connectivity index (χ1v) is 5.60. The Morgan fingerprint density at radius 1 is 1.38 bits per heavy atom. The Kier molecular flexibility index (Phi) is 6.11. The number of rotatable bonds is 1. The zero-order valence-corrected chi connectivity index (χ0v) is 11.2. The molecule has 0 aromatic carbocycles. The fraction of sp³-hybridized carbons (Fsp3) is 0.909. The van der Waals surface area contributed by atoms with Gasteiger partial charge in [0, 0.05) is 13.1 Å². The van der Waals surface area contributed by atoms with E-state index < -0.39 is 5.60 Å². The number of halogens is 1. The molecule has 1 rings (SSSR count). The van der Waals surface area contributed by atoms with Crippen LogP contribution in [0.4, 0.5) is 4.79 Å². The molecule has 1 fully saturated rings. The van der Waals surface area contributed by atoms with E-state index in [1.807, 2.05) is 20.8 Å². The van der Waals surface area contributed by atoms with Crippen molar-refractivity contribution in [2.75, 3.05) is 19.6 Å². The van der Waals surface area contributed by atoms with E-state index in [1.165, 1.54) is 0 Å². The van der Waals surface area contributed by atoms with Crippen molar-refractivity contribution in [1.82, 2.24) is 4.90 Å². The third kappa shape index (κ3) is 5.03. The highest BCUT2D eigenvalue weighted by atomic mass is 35.5. The first kappa shape index (κ1) is 15.5. The van der Waals surface area contributed by atoms with Crippen LogP contribution in [0, 0.1) is 5.92 Å². The second-order valence-corrected chi connectivity index (χ2v) is 5.15. The summed E-state index contributed by atoms with van der Waals surface area (Å²) in [6.07, 6.45) is 1.80. The minimum Gasteiger partial charge on any atom is -0.444 e. The van der Waals surface area contributed by atoms with Gasteiger partial charge in [0.05, 0.1) is 0 Å². The molecule has 1 aliphatic rings. The van der Waals surface area contributed by atoms with Crippen LogP contribution in [-0.4, -0.2) is 36.2 Å². The highest BCUT2D eigenvalue weighted by Crippen LogP contribution is 2.18. The summed E-state index contributed by atoms with van der Waals surface area (Å²) in [5.74, 6) is 0.573. The summed E-state index contributed by atoms with van der Waals surface area (Å²) in [7, 11) is 0. The van der Waals surface area contributed by atoms with Crippen LogP contribution in [0.15, 0.2) is 0 Å². The molecule has 0 saturated carbocycles. The van der Waals surface area contributed by atoms with Crippen molar-refractivity contribution in [2.24, 2.45) is 11.7 Å². The number of piperidine rings is 1. The molecule has 0 atom stereocenters. The van der Waals surface area contributed by atoms with Gasteiger partial charge in [-0.3, -0.25) is 0 Å². The van der Waals surface area contributed by atoms with Gasteiger partial charge in [0.2, 0.25) is 0 Å². The lowest BCUT2D eigenvalue weighted by Gasteiger charge is -2.32. The number of amides is 1. The van der Waals surface area contributed by atoms with E-state index in [9.17, 15) is 4.79 Å². The van der Waals surface area contributed by atoms with E-state index in [2.05, 4.69) is 0 Å². The number of hydrogen-bond donors (Lipinski definition) is 1. The minimum atomic E-state index is -0.401. The van der Waals surface area contributed by atoms with Gasteiger partial charge >= 0.3 is 6.09 Å². The van der Waals surface area contributed by atoms with Gasteiger partial charge in [-0.2, -0.15) is 0 Å². The quantitative estimate of drug-likeness (QED) is 0.775. The van der Waals surface area contributed by atoms with Gasteiger partial charge in [-0.25, -0.2) is 4.79 Å². The zero-order chi connectivity index (χ0) is 11.5. The van der Waals surface area contributed by atoms with Gasteiger partial charge in [0.15, 0.2) is 0 Å². The maximum absolute atomic E-state index is 11.7. The standard InChI is InChI=1S/C11H22N2O2.ClH/c1-11(2,3)15-10(14)13-6-4-9(8-12)5-7-13;/h9H,4-8,12H2,1-3H3;1H. The van der Waals surface area contributed by atoms with Crippen LogP contribution in [0.5, 0.6) is 0 Å². The first-order valence-electron chi connectivity index (χ1n) is 5.60. The Morgan fingerprint density at radius 2 is 1.88 bits per heavy atom. The molecule has 1 saturated heterocycles. The molecule has 4 nitrogen and oxygen atoms in total. The monoisotopic (exact) mass is 250 g/mol. The van der Waals surface area contributed by atoms with Gasteiger partial charge in [-0.1, -0.05) is 0 Å². The lowest BCUT2D eigenvalue weighted by Crippen LogP contribution is -2.42. The van der Waals surface area contributed by atoms with Crippen LogP contribution in [0.1, 0.15) is 33.6 Å². The van der Waals surface area contributed by atoms with Gasteiger partial charge in [0.1, 0.15) is 5.60 Å². The Bertz CT molecular complexity index is 221. The van der Waals surface area contributed by atoms with Gasteiger partial charge in [-0.15, -0.1) is 12.4 Å². The predicted molar refractivity (Wildman–Crippen MR) is 66.8 cm³/mol. The maximum Gasteiger partial charge on any atom is 0.410 e. The van der Waals surface area contributed by atoms with E-state index in [-0.39, 0.29) is 18.5 Å². The van der Waals surface area contributed by atoms with Crippen molar-refractivity contribution < 1.29 is 9.53 Å². The lowest BCUT2D eigenvalue weighted by atomic mass is 9.97. The van der Waals surface area contributed by atoms with Crippen LogP contribution in [0.25, 0.3) is 0 Å². The molecule has 0 spiro atoms. The van der Waals surface area contributed by atoms with Crippen molar-refractivity contribution in [1.29, 1.82) is 0 Å². The van der Waals surface area contributed by atoms with Crippen molar-refractivity contribution in [3.05, 3.63) is 0 Å². The van der Waals surface area contributed by atoms with Crippen LogP contribution in [0.2, 0.25) is 0 Å². The second-order valence-electron chi connectivity index (χ2n) is 5.15. The van der Waals surface area contributed by atoms with Gasteiger partial charge < -0.3 is 15.4 Å². The molecule has 5 heteroatoms. The fourth-order valence-corrected chi connectivity index (χ4v) is 1.68. The molecule has 1 amide bonds. The highest BCUT2D eigenvalue weighted by Gasteiger charge is 2.25. The zero-order valence-electron chi connectivity index (χ0n) is 10.4. The predicted octanol–water partition coefficient (Wildman–Crippen LogP) is 2.01. The van der Waals surface area contributed by atoms with Crippen molar-refractivity contribution in [3.63, 3.8) is 0 Å². The van der Waals surface area contributed by atoms with Crippen molar-refractivity contribution >= 4 is 18.5 Å². The molecule has 0 aromatic heterocycles. The van der Waals surface area contributed by atoms with E-state index in [0.717, 1.165) is 32.5 Å². The number of carbonyl (C=O) groups excluding carboxylic acids is 1. The molecule has 2 N–H and O–H groups in total. The van der Waals surface area contributed by atoms with Crippen LogP contribution in [-0.2, 0) is 4.74 Å². The summed E-state index contributed by atoms with van der Waals surface area (Å²) in [6, 6.07) is 0. The molecule has 0 aliphatic carbocycles. The molecule has 96 valence electrons. The third-order valence-corrected chi connectivity index (χ3v) is 2.60. The molecule has 1 aliphatic heterocycles. The largest absolute Gasteiger partial charge is 0.444 e. The smallest absolute Gasteiger partial charge is 0.410 e. The molecule has 0 unspecified atom stereocenters. The van der Waals surface area contributed by atoms with E-state index >= 15 is 0 Å². The van der Waals surface area contributed by atoms with Gasteiger partial charge in [0.25, 0.3) is 0 Å². The van der Waals surface area contributed by atoms with Crippen LogP contribution >= 0.6 is 12.4 Å². The van der Waals surface area contributed by atoms with Crippen molar-refractivity contribution in [3.8, 4) is 0 Å². The molecule has 0 aromatic rings. The van der Waals surface area contributed by atoms with Gasteiger partial charge in [-0.05, 0) is 46.1 Å².